The number of nitrogens with one attached hydrogen (secondary N) is 2. The van der Waals surface area contributed by atoms with Crippen LogP contribution >= 0.6 is 22.9 Å². The monoisotopic (exact) mass is 480 g/mol. The van der Waals surface area contributed by atoms with Crippen molar-refractivity contribution in [3.8, 4) is 0 Å². The second-order valence-electron chi connectivity index (χ2n) is 9.66. The van der Waals surface area contributed by atoms with Crippen LogP contribution in [-0.4, -0.2) is 11.8 Å². The lowest BCUT2D eigenvalue weighted by molar-refractivity contribution is -0.115. The van der Waals surface area contributed by atoms with Crippen molar-refractivity contribution in [3.63, 3.8) is 0 Å². The van der Waals surface area contributed by atoms with E-state index >= 15 is 0 Å². The molecule has 3 aromatic rings. The van der Waals surface area contributed by atoms with E-state index in [2.05, 4.69) is 31.4 Å². The molecule has 0 spiro atoms. The lowest BCUT2D eigenvalue weighted by atomic mass is 9.72. The molecule has 1 aromatic heterocycles. The van der Waals surface area contributed by atoms with Gasteiger partial charge in [0.1, 0.15) is 5.00 Å². The van der Waals surface area contributed by atoms with Gasteiger partial charge in [-0.25, -0.2) is 0 Å². The fraction of sp³-hybridized carbons (Fsp3) is 0.333. The van der Waals surface area contributed by atoms with Crippen molar-refractivity contribution in [1.29, 1.82) is 0 Å². The number of anilines is 2. The molecular weight excluding hydrogens is 452 g/mol. The predicted molar refractivity (Wildman–Crippen MR) is 137 cm³/mol. The summed E-state index contributed by atoms with van der Waals surface area (Å²) in [6.45, 7) is 6.80. The van der Waals surface area contributed by atoms with E-state index in [0.717, 1.165) is 30.4 Å². The molecule has 0 bridgehead atoms. The minimum Gasteiger partial charge on any atom is -0.321 e. The Morgan fingerprint density at radius 1 is 1.03 bits per heavy atom. The van der Waals surface area contributed by atoms with Gasteiger partial charge in [-0.1, -0.05) is 74.8 Å². The van der Waals surface area contributed by atoms with Crippen LogP contribution in [0.25, 0.3) is 0 Å². The van der Waals surface area contributed by atoms with E-state index in [9.17, 15) is 9.59 Å². The van der Waals surface area contributed by atoms with E-state index in [1.54, 1.807) is 12.1 Å². The summed E-state index contributed by atoms with van der Waals surface area (Å²) in [6.07, 6.45) is 3.04. The molecule has 4 nitrogen and oxygen atoms in total. The molecule has 1 aliphatic rings. The highest BCUT2D eigenvalue weighted by molar-refractivity contribution is 7.17. The first kappa shape index (κ1) is 23.5. The first-order chi connectivity index (χ1) is 15.7. The molecule has 1 heterocycles. The number of hydrogen-bond acceptors (Lipinski definition) is 3. The quantitative estimate of drug-likeness (QED) is 0.413. The van der Waals surface area contributed by atoms with E-state index < -0.39 is 0 Å². The lowest BCUT2D eigenvalue weighted by Gasteiger charge is -2.33. The number of benzene rings is 2. The van der Waals surface area contributed by atoms with Crippen molar-refractivity contribution < 1.29 is 9.59 Å². The second kappa shape index (κ2) is 9.70. The fourth-order valence-corrected chi connectivity index (χ4v) is 5.88. The van der Waals surface area contributed by atoms with Gasteiger partial charge in [0.2, 0.25) is 5.91 Å². The Hall–Kier alpha value is -2.63. The number of para-hydroxylation sites is 1. The summed E-state index contributed by atoms with van der Waals surface area (Å²) in [5.41, 5.74) is 3.32. The maximum atomic E-state index is 13.4. The number of fused-ring (bicyclic) bond motifs is 1. The molecule has 1 unspecified atom stereocenters. The van der Waals surface area contributed by atoms with E-state index in [0.29, 0.717) is 27.2 Å². The molecule has 2 N–H and O–H groups in total. The van der Waals surface area contributed by atoms with Crippen LogP contribution in [0.1, 0.15) is 53.6 Å². The van der Waals surface area contributed by atoms with Crippen molar-refractivity contribution in [2.45, 2.75) is 46.5 Å². The van der Waals surface area contributed by atoms with Gasteiger partial charge in [-0.05, 0) is 53.9 Å². The summed E-state index contributed by atoms with van der Waals surface area (Å²) >= 11 is 7.81. The number of hydrogen-bond donors (Lipinski definition) is 2. The predicted octanol–water partition coefficient (Wildman–Crippen LogP) is 6.99. The zero-order valence-corrected chi connectivity index (χ0v) is 20.8. The van der Waals surface area contributed by atoms with Crippen LogP contribution < -0.4 is 10.6 Å². The summed E-state index contributed by atoms with van der Waals surface area (Å²) in [4.78, 5) is 27.5. The standard InChI is InChI=1S/C27H29ClN2O2S/c1-27(2,3)18-13-14-19-22(16-18)33-26(30-23(31)15-17-9-5-4-6-10-17)24(19)25(32)29-21-12-8-7-11-20(21)28/h4-12,18H,13-16H2,1-3H3,(H,29,32)(H,30,31). The molecule has 1 atom stereocenters. The van der Waals surface area contributed by atoms with Crippen LogP contribution in [0.15, 0.2) is 54.6 Å². The van der Waals surface area contributed by atoms with Gasteiger partial charge in [0.25, 0.3) is 5.91 Å². The molecule has 172 valence electrons. The molecule has 0 aliphatic heterocycles. The van der Waals surface area contributed by atoms with Crippen LogP contribution in [0.4, 0.5) is 10.7 Å². The van der Waals surface area contributed by atoms with Crippen LogP contribution in [0.2, 0.25) is 5.02 Å². The largest absolute Gasteiger partial charge is 0.321 e. The molecule has 6 heteroatoms. The van der Waals surface area contributed by atoms with Gasteiger partial charge in [-0.2, -0.15) is 0 Å². The minimum absolute atomic E-state index is 0.126. The molecule has 33 heavy (non-hydrogen) atoms. The van der Waals surface area contributed by atoms with Crippen molar-refractivity contribution in [2.24, 2.45) is 11.3 Å². The van der Waals surface area contributed by atoms with Gasteiger partial charge in [0, 0.05) is 4.88 Å². The smallest absolute Gasteiger partial charge is 0.258 e. The van der Waals surface area contributed by atoms with Crippen LogP contribution in [0, 0.1) is 11.3 Å². The van der Waals surface area contributed by atoms with Gasteiger partial charge in [0.15, 0.2) is 0 Å². The summed E-state index contributed by atoms with van der Waals surface area (Å²) in [5, 5.41) is 7.10. The highest BCUT2D eigenvalue weighted by Gasteiger charge is 2.34. The number of halogens is 1. The van der Waals surface area contributed by atoms with Crippen molar-refractivity contribution in [3.05, 3.63) is 81.2 Å². The average Bonchev–Trinajstić information content (AvgIpc) is 3.12. The first-order valence-corrected chi connectivity index (χ1v) is 12.5. The number of thiophene rings is 1. The lowest BCUT2D eigenvalue weighted by Crippen LogP contribution is -2.27. The van der Waals surface area contributed by atoms with Crippen molar-refractivity contribution in [2.75, 3.05) is 10.6 Å². The fourth-order valence-electron chi connectivity index (χ4n) is 4.35. The zero-order valence-electron chi connectivity index (χ0n) is 19.2. The SMILES string of the molecule is CC(C)(C)C1CCc2c(sc(NC(=O)Cc3ccccc3)c2C(=O)Nc2ccccc2Cl)C1. The van der Waals surface area contributed by atoms with E-state index in [4.69, 9.17) is 11.6 Å². The van der Waals surface area contributed by atoms with E-state index in [1.165, 1.54) is 16.2 Å². The van der Waals surface area contributed by atoms with Gasteiger partial charge < -0.3 is 10.6 Å². The minimum atomic E-state index is -0.232. The summed E-state index contributed by atoms with van der Waals surface area (Å²) in [7, 11) is 0. The Morgan fingerprint density at radius 2 is 1.73 bits per heavy atom. The first-order valence-electron chi connectivity index (χ1n) is 11.3. The Kier molecular flexibility index (Phi) is 6.91. The average molecular weight is 481 g/mol. The Morgan fingerprint density at radius 3 is 2.42 bits per heavy atom. The Labute approximate surface area is 204 Å². The number of carbonyl (C=O) groups excluding carboxylic acids is 2. The second-order valence-corrected chi connectivity index (χ2v) is 11.2. The van der Waals surface area contributed by atoms with E-state index in [1.807, 2.05) is 42.5 Å². The van der Waals surface area contributed by atoms with Crippen molar-refractivity contribution in [1.82, 2.24) is 0 Å². The molecular formula is C27H29ClN2O2S. The number of amides is 2. The van der Waals surface area contributed by atoms with Crippen LogP contribution in [0.3, 0.4) is 0 Å². The third-order valence-electron chi connectivity index (χ3n) is 6.30. The maximum Gasteiger partial charge on any atom is 0.258 e. The van der Waals surface area contributed by atoms with Crippen LogP contribution in [-0.2, 0) is 24.1 Å². The van der Waals surface area contributed by atoms with Gasteiger partial charge in [-0.3, -0.25) is 9.59 Å². The summed E-state index contributed by atoms with van der Waals surface area (Å²) < 4.78 is 0. The highest BCUT2D eigenvalue weighted by Crippen LogP contribution is 2.44. The van der Waals surface area contributed by atoms with Gasteiger partial charge in [0.05, 0.1) is 22.7 Å². The summed E-state index contributed by atoms with van der Waals surface area (Å²) in [6, 6.07) is 16.8. The molecule has 2 aromatic carbocycles. The maximum absolute atomic E-state index is 13.4. The molecule has 0 radical (unpaired) electrons. The molecule has 4 rings (SSSR count). The van der Waals surface area contributed by atoms with Gasteiger partial charge >= 0.3 is 0 Å². The van der Waals surface area contributed by atoms with Crippen LogP contribution in [0.5, 0.6) is 0 Å². The molecule has 0 saturated heterocycles. The molecule has 0 saturated carbocycles. The molecule has 0 fully saturated rings. The van der Waals surface area contributed by atoms with E-state index in [-0.39, 0.29) is 23.7 Å². The molecule has 2 amide bonds. The third-order valence-corrected chi connectivity index (χ3v) is 7.80. The van der Waals surface area contributed by atoms with Gasteiger partial charge in [-0.15, -0.1) is 11.3 Å². The molecule has 1 aliphatic carbocycles. The Bertz CT molecular complexity index is 1160. The number of rotatable bonds is 5. The summed E-state index contributed by atoms with van der Waals surface area (Å²) in [5.74, 6) is 0.180. The third kappa shape index (κ3) is 5.48. The Balaban J connectivity index is 1.64. The zero-order chi connectivity index (χ0) is 23.6. The topological polar surface area (TPSA) is 58.2 Å². The van der Waals surface area contributed by atoms with Crippen molar-refractivity contribution >= 4 is 45.4 Å². The highest BCUT2D eigenvalue weighted by atomic mass is 35.5. The number of carbonyl (C=O) groups is 2. The normalized spacial score (nSPS) is 15.6.